The molecule has 0 N–H and O–H groups in total. The van der Waals surface area contributed by atoms with E-state index in [2.05, 4.69) is 5.10 Å². The van der Waals surface area contributed by atoms with Gasteiger partial charge >= 0.3 is 0 Å². The van der Waals surface area contributed by atoms with Gasteiger partial charge in [0, 0.05) is 23.8 Å². The fourth-order valence-electron chi connectivity index (χ4n) is 2.59. The number of hydrogen-bond donors (Lipinski definition) is 0. The molecular formula is C12H19ClN2O3S. The Balaban J connectivity index is 2.01. The van der Waals surface area contributed by atoms with Gasteiger partial charge in [-0.05, 0) is 39.5 Å². The van der Waals surface area contributed by atoms with Crippen LogP contribution >= 0.6 is 10.7 Å². The summed E-state index contributed by atoms with van der Waals surface area (Å²) in [5.41, 5.74) is 1.07. The molecule has 2 rings (SSSR count). The molecule has 0 amide bonds. The highest BCUT2D eigenvalue weighted by Crippen LogP contribution is 2.24. The molecule has 0 aliphatic carbocycles. The van der Waals surface area contributed by atoms with Crippen molar-refractivity contribution < 1.29 is 13.2 Å². The van der Waals surface area contributed by atoms with Crippen molar-refractivity contribution in [3.8, 4) is 0 Å². The first-order valence-corrected chi connectivity index (χ1v) is 8.81. The summed E-state index contributed by atoms with van der Waals surface area (Å²) in [4.78, 5) is 0.145. The fourth-order valence-corrected chi connectivity index (χ4v) is 4.11. The predicted molar refractivity (Wildman–Crippen MR) is 72.9 cm³/mol. The Morgan fingerprint density at radius 2 is 2.21 bits per heavy atom. The molecule has 1 aromatic rings. The summed E-state index contributed by atoms with van der Waals surface area (Å²) in [6, 6.07) is 0. The van der Waals surface area contributed by atoms with Crippen LogP contribution in [0.2, 0.25) is 0 Å². The number of rotatable bonds is 5. The SMILES string of the molecule is Cc1nn(CCCC2CCCO2)c(C)c1S(=O)(=O)Cl. The van der Waals surface area contributed by atoms with E-state index in [1.165, 1.54) is 0 Å². The Labute approximate surface area is 118 Å². The number of ether oxygens (including phenoxy) is 1. The Bertz CT molecular complexity index is 548. The predicted octanol–water partition coefficient (Wildman–Crippen LogP) is 2.39. The van der Waals surface area contributed by atoms with Crippen LogP contribution in [-0.4, -0.2) is 30.9 Å². The van der Waals surface area contributed by atoms with E-state index >= 15 is 0 Å². The number of halogens is 1. The summed E-state index contributed by atoms with van der Waals surface area (Å²) < 4.78 is 30.2. The second-order valence-electron chi connectivity index (χ2n) is 4.94. The number of hydrogen-bond acceptors (Lipinski definition) is 4. The zero-order chi connectivity index (χ0) is 14.0. The number of nitrogens with zero attached hydrogens (tertiary/aromatic N) is 2. The van der Waals surface area contributed by atoms with Gasteiger partial charge in [-0.2, -0.15) is 5.10 Å². The molecule has 7 heteroatoms. The number of aryl methyl sites for hydroxylation is 2. The minimum Gasteiger partial charge on any atom is -0.378 e. The molecule has 1 aromatic heterocycles. The molecule has 1 unspecified atom stereocenters. The lowest BCUT2D eigenvalue weighted by atomic mass is 10.1. The summed E-state index contributed by atoms with van der Waals surface area (Å²) >= 11 is 0. The minimum atomic E-state index is -3.72. The highest BCUT2D eigenvalue weighted by Gasteiger charge is 2.22. The normalized spacial score (nSPS) is 20.1. The van der Waals surface area contributed by atoms with Crippen LogP contribution in [0.5, 0.6) is 0 Å². The van der Waals surface area contributed by atoms with Crippen LogP contribution in [0.1, 0.15) is 37.1 Å². The van der Waals surface area contributed by atoms with E-state index in [0.29, 0.717) is 24.0 Å². The quantitative estimate of drug-likeness (QED) is 0.784. The molecule has 1 aliphatic heterocycles. The molecule has 5 nitrogen and oxygen atoms in total. The van der Waals surface area contributed by atoms with Crippen LogP contribution in [0.3, 0.4) is 0 Å². The van der Waals surface area contributed by atoms with Gasteiger partial charge in [-0.15, -0.1) is 0 Å². The zero-order valence-corrected chi connectivity index (χ0v) is 12.8. The summed E-state index contributed by atoms with van der Waals surface area (Å²) in [6.45, 7) is 4.96. The van der Waals surface area contributed by atoms with Gasteiger partial charge in [0.25, 0.3) is 9.05 Å². The Morgan fingerprint density at radius 3 is 2.74 bits per heavy atom. The van der Waals surface area contributed by atoms with E-state index in [4.69, 9.17) is 15.4 Å². The first-order chi connectivity index (χ1) is 8.89. The Morgan fingerprint density at radius 1 is 1.47 bits per heavy atom. The van der Waals surface area contributed by atoms with Crippen LogP contribution in [0, 0.1) is 13.8 Å². The largest absolute Gasteiger partial charge is 0.378 e. The highest BCUT2D eigenvalue weighted by molar-refractivity contribution is 8.13. The van der Waals surface area contributed by atoms with Crippen molar-refractivity contribution in [2.24, 2.45) is 0 Å². The smallest absolute Gasteiger partial charge is 0.264 e. The molecule has 0 aromatic carbocycles. The van der Waals surface area contributed by atoms with Crippen molar-refractivity contribution in [3.05, 3.63) is 11.4 Å². The maximum absolute atomic E-state index is 11.5. The molecule has 0 radical (unpaired) electrons. The molecule has 2 heterocycles. The number of aromatic nitrogens is 2. The van der Waals surface area contributed by atoms with Gasteiger partial charge in [0.15, 0.2) is 0 Å². The van der Waals surface area contributed by atoms with Gasteiger partial charge in [-0.25, -0.2) is 8.42 Å². The van der Waals surface area contributed by atoms with Gasteiger partial charge in [0.05, 0.1) is 17.5 Å². The summed E-state index contributed by atoms with van der Waals surface area (Å²) in [5.74, 6) is 0. The molecule has 0 saturated carbocycles. The molecule has 0 bridgehead atoms. The van der Waals surface area contributed by atoms with Gasteiger partial charge in [0.2, 0.25) is 0 Å². The maximum Gasteiger partial charge on any atom is 0.264 e. The monoisotopic (exact) mass is 306 g/mol. The average Bonchev–Trinajstić information content (AvgIpc) is 2.87. The lowest BCUT2D eigenvalue weighted by molar-refractivity contribution is 0.101. The summed E-state index contributed by atoms with van der Waals surface area (Å²) in [6.07, 6.45) is 4.53. The molecular weight excluding hydrogens is 288 g/mol. The van der Waals surface area contributed by atoms with Crippen molar-refractivity contribution in [1.29, 1.82) is 0 Å². The molecule has 108 valence electrons. The van der Waals surface area contributed by atoms with E-state index in [9.17, 15) is 8.42 Å². The molecule has 1 atom stereocenters. The summed E-state index contributed by atoms with van der Waals surface area (Å²) in [5, 5.41) is 4.25. The van der Waals surface area contributed by atoms with E-state index in [0.717, 1.165) is 32.3 Å². The van der Waals surface area contributed by atoms with Crippen molar-refractivity contribution in [2.45, 2.75) is 57.1 Å². The van der Waals surface area contributed by atoms with E-state index < -0.39 is 9.05 Å². The topological polar surface area (TPSA) is 61.2 Å². The fraction of sp³-hybridized carbons (Fsp3) is 0.750. The zero-order valence-electron chi connectivity index (χ0n) is 11.2. The minimum absolute atomic E-state index is 0.145. The van der Waals surface area contributed by atoms with Crippen molar-refractivity contribution in [1.82, 2.24) is 9.78 Å². The molecule has 0 spiro atoms. The molecule has 1 saturated heterocycles. The third kappa shape index (κ3) is 3.49. The van der Waals surface area contributed by atoms with E-state index in [1.54, 1.807) is 18.5 Å². The van der Waals surface area contributed by atoms with Crippen LogP contribution in [0.25, 0.3) is 0 Å². The van der Waals surface area contributed by atoms with Gasteiger partial charge in [0.1, 0.15) is 4.90 Å². The lowest BCUT2D eigenvalue weighted by Crippen LogP contribution is -2.09. The first-order valence-electron chi connectivity index (χ1n) is 6.50. The Hall–Kier alpha value is -0.590. The molecule has 1 fully saturated rings. The van der Waals surface area contributed by atoms with Crippen molar-refractivity contribution in [2.75, 3.05) is 6.61 Å². The third-order valence-corrected chi connectivity index (χ3v) is 5.02. The van der Waals surface area contributed by atoms with Gasteiger partial charge in [-0.3, -0.25) is 4.68 Å². The van der Waals surface area contributed by atoms with Crippen LogP contribution in [-0.2, 0) is 20.3 Å². The lowest BCUT2D eigenvalue weighted by Gasteiger charge is -2.09. The average molecular weight is 307 g/mol. The van der Waals surface area contributed by atoms with Crippen LogP contribution in [0.15, 0.2) is 4.90 Å². The highest BCUT2D eigenvalue weighted by atomic mass is 35.7. The van der Waals surface area contributed by atoms with Crippen LogP contribution in [0.4, 0.5) is 0 Å². The van der Waals surface area contributed by atoms with E-state index in [-0.39, 0.29) is 4.90 Å². The van der Waals surface area contributed by atoms with Gasteiger partial charge in [-0.1, -0.05) is 0 Å². The van der Waals surface area contributed by atoms with E-state index in [1.807, 2.05) is 0 Å². The molecule has 19 heavy (non-hydrogen) atoms. The van der Waals surface area contributed by atoms with Gasteiger partial charge < -0.3 is 4.74 Å². The van der Waals surface area contributed by atoms with Crippen molar-refractivity contribution in [3.63, 3.8) is 0 Å². The standard InChI is InChI=1S/C12H19ClN2O3S/c1-9-12(19(13,16)17)10(2)15(14-9)7-3-5-11-6-4-8-18-11/h11H,3-8H2,1-2H3. The second kappa shape index (κ2) is 5.81. The van der Waals surface area contributed by atoms with Crippen molar-refractivity contribution >= 4 is 19.7 Å². The third-order valence-electron chi connectivity index (χ3n) is 3.48. The second-order valence-corrected chi connectivity index (χ2v) is 7.44. The maximum atomic E-state index is 11.5. The summed E-state index contributed by atoms with van der Waals surface area (Å²) in [7, 11) is 1.70. The first kappa shape index (κ1) is 14.8. The molecule has 1 aliphatic rings. The Kier molecular flexibility index (Phi) is 4.53. The van der Waals surface area contributed by atoms with Crippen LogP contribution < -0.4 is 0 Å².